The van der Waals surface area contributed by atoms with Crippen molar-refractivity contribution in [3.63, 3.8) is 0 Å². The van der Waals surface area contributed by atoms with E-state index in [0.29, 0.717) is 12.3 Å². The van der Waals surface area contributed by atoms with Crippen LogP contribution in [0, 0.1) is 12.8 Å². The van der Waals surface area contributed by atoms with Crippen LogP contribution in [0.4, 0.5) is 5.69 Å². The number of nitrogens with one attached hydrogen (secondary N) is 1. The minimum Gasteiger partial charge on any atom is -0.497 e. The van der Waals surface area contributed by atoms with Gasteiger partial charge in [0.15, 0.2) is 0 Å². The molecule has 10 heteroatoms. The summed E-state index contributed by atoms with van der Waals surface area (Å²) < 4.78 is 37.9. The fraction of sp³-hybridized carbons (Fsp3) is 0.375. The maximum atomic E-state index is 14.3. The standard InChI is InChI=1S/C32H41N3O6S/c1-23(2)20-33-32(37)29(18-25-13-8-7-9-14-25)34(21-26-15-11-10-12-24(26)3)31(36)22-35(42(6,38)39)28-17-16-27(40-4)19-30(28)41-5/h7-17,19,23,29H,18,20-22H2,1-6H3,(H,33,37). The van der Waals surface area contributed by atoms with Crippen LogP contribution in [0.25, 0.3) is 0 Å². The van der Waals surface area contributed by atoms with Gasteiger partial charge in [0.25, 0.3) is 0 Å². The number of hydrogen-bond acceptors (Lipinski definition) is 6. The Morgan fingerprint density at radius 3 is 2.19 bits per heavy atom. The maximum absolute atomic E-state index is 14.3. The molecule has 9 nitrogen and oxygen atoms in total. The summed E-state index contributed by atoms with van der Waals surface area (Å²) in [6.07, 6.45) is 1.29. The SMILES string of the molecule is COc1ccc(N(CC(=O)N(Cc2ccccc2C)C(Cc2ccccc2)C(=O)NCC(C)C)S(C)(=O)=O)c(OC)c1. The van der Waals surface area contributed by atoms with Crippen LogP contribution in [0.15, 0.2) is 72.8 Å². The monoisotopic (exact) mass is 595 g/mol. The number of hydrogen-bond donors (Lipinski definition) is 1. The van der Waals surface area contributed by atoms with Gasteiger partial charge in [-0.05, 0) is 41.7 Å². The van der Waals surface area contributed by atoms with Crippen LogP contribution in [-0.4, -0.2) is 64.7 Å². The van der Waals surface area contributed by atoms with Crippen molar-refractivity contribution in [1.82, 2.24) is 10.2 Å². The molecule has 0 aliphatic carbocycles. The van der Waals surface area contributed by atoms with Crippen LogP contribution in [0.3, 0.4) is 0 Å². The molecule has 3 aromatic rings. The quantitative estimate of drug-likeness (QED) is 0.300. The highest BCUT2D eigenvalue weighted by Crippen LogP contribution is 2.34. The van der Waals surface area contributed by atoms with Gasteiger partial charge in [-0.3, -0.25) is 13.9 Å². The number of amides is 2. The highest BCUT2D eigenvalue weighted by Gasteiger charge is 2.34. The molecule has 0 spiro atoms. The highest BCUT2D eigenvalue weighted by atomic mass is 32.2. The van der Waals surface area contributed by atoms with Gasteiger partial charge in [0, 0.05) is 25.6 Å². The third-order valence-electron chi connectivity index (χ3n) is 6.89. The first-order chi connectivity index (χ1) is 19.9. The number of nitrogens with zero attached hydrogens (tertiary/aromatic N) is 2. The van der Waals surface area contributed by atoms with Crippen molar-refractivity contribution < 1.29 is 27.5 Å². The summed E-state index contributed by atoms with van der Waals surface area (Å²) in [5.41, 5.74) is 2.87. The fourth-order valence-corrected chi connectivity index (χ4v) is 5.39. The van der Waals surface area contributed by atoms with E-state index in [4.69, 9.17) is 9.47 Å². The van der Waals surface area contributed by atoms with E-state index in [2.05, 4.69) is 5.32 Å². The first kappa shape index (κ1) is 32.5. The molecule has 0 bridgehead atoms. The Balaban J connectivity index is 2.10. The van der Waals surface area contributed by atoms with Gasteiger partial charge in [-0.1, -0.05) is 68.4 Å². The number of carbonyl (C=O) groups is 2. The Labute approximate surface area is 249 Å². The largest absolute Gasteiger partial charge is 0.497 e. The molecule has 1 unspecified atom stereocenters. The number of methoxy groups -OCH3 is 2. The van der Waals surface area contributed by atoms with Gasteiger partial charge in [0.1, 0.15) is 24.1 Å². The molecular weight excluding hydrogens is 554 g/mol. The molecule has 1 N–H and O–H groups in total. The van der Waals surface area contributed by atoms with E-state index in [1.54, 1.807) is 12.1 Å². The van der Waals surface area contributed by atoms with E-state index < -0.39 is 28.5 Å². The first-order valence-corrected chi connectivity index (χ1v) is 15.6. The average molecular weight is 596 g/mol. The number of rotatable bonds is 14. The Morgan fingerprint density at radius 2 is 1.60 bits per heavy atom. The third kappa shape index (κ3) is 8.72. The summed E-state index contributed by atoms with van der Waals surface area (Å²) in [4.78, 5) is 29.5. The summed E-state index contributed by atoms with van der Waals surface area (Å²) >= 11 is 0. The molecule has 0 aliphatic heterocycles. The van der Waals surface area contributed by atoms with Crippen LogP contribution >= 0.6 is 0 Å². The van der Waals surface area contributed by atoms with Crippen LogP contribution in [-0.2, 0) is 32.6 Å². The second kappa shape index (κ2) is 14.7. The lowest BCUT2D eigenvalue weighted by atomic mass is 10.0. The van der Waals surface area contributed by atoms with Gasteiger partial charge in [-0.15, -0.1) is 0 Å². The number of ether oxygens (including phenoxy) is 2. The molecule has 42 heavy (non-hydrogen) atoms. The van der Waals surface area contributed by atoms with Gasteiger partial charge in [0.2, 0.25) is 21.8 Å². The van der Waals surface area contributed by atoms with Crippen LogP contribution in [0.5, 0.6) is 11.5 Å². The topological polar surface area (TPSA) is 105 Å². The normalized spacial score (nSPS) is 12.0. The Hall–Kier alpha value is -4.05. The Kier molecular flexibility index (Phi) is 11.4. The van der Waals surface area contributed by atoms with Crippen LogP contribution in [0.1, 0.15) is 30.5 Å². The summed E-state index contributed by atoms with van der Waals surface area (Å²) in [6.45, 7) is 5.96. The number of benzene rings is 3. The van der Waals surface area contributed by atoms with Crippen molar-refractivity contribution in [2.75, 3.05) is 37.9 Å². The molecule has 0 saturated heterocycles. The van der Waals surface area contributed by atoms with Crippen molar-refractivity contribution in [1.29, 1.82) is 0 Å². The lowest BCUT2D eigenvalue weighted by molar-refractivity contribution is -0.140. The zero-order chi connectivity index (χ0) is 30.9. The second-order valence-electron chi connectivity index (χ2n) is 10.6. The molecule has 0 radical (unpaired) electrons. The molecule has 2 amide bonds. The molecule has 226 valence electrons. The molecule has 3 rings (SSSR count). The smallest absolute Gasteiger partial charge is 0.244 e. The molecule has 1 atom stereocenters. The van der Waals surface area contributed by atoms with Crippen molar-refractivity contribution in [3.05, 3.63) is 89.5 Å². The number of sulfonamides is 1. The van der Waals surface area contributed by atoms with E-state index in [9.17, 15) is 18.0 Å². The molecule has 3 aromatic carbocycles. The van der Waals surface area contributed by atoms with Crippen molar-refractivity contribution in [2.24, 2.45) is 5.92 Å². The molecular formula is C32H41N3O6S. The predicted molar refractivity (Wildman–Crippen MR) is 165 cm³/mol. The lowest BCUT2D eigenvalue weighted by Crippen LogP contribution is -2.53. The number of carbonyl (C=O) groups excluding carboxylic acids is 2. The number of anilines is 1. The molecule has 0 aromatic heterocycles. The average Bonchev–Trinajstić information content (AvgIpc) is 2.96. The highest BCUT2D eigenvalue weighted by molar-refractivity contribution is 7.92. The predicted octanol–water partition coefficient (Wildman–Crippen LogP) is 4.19. The summed E-state index contributed by atoms with van der Waals surface area (Å²) in [6, 6.07) is 20.9. The summed E-state index contributed by atoms with van der Waals surface area (Å²) in [5.74, 6) is 0.0783. The summed E-state index contributed by atoms with van der Waals surface area (Å²) in [7, 11) is -1.03. The maximum Gasteiger partial charge on any atom is 0.244 e. The minimum atomic E-state index is -3.94. The van der Waals surface area contributed by atoms with Gasteiger partial charge >= 0.3 is 0 Å². The minimum absolute atomic E-state index is 0.120. The molecule has 0 saturated carbocycles. The van der Waals surface area contributed by atoms with Gasteiger partial charge in [-0.25, -0.2) is 8.42 Å². The Morgan fingerprint density at radius 1 is 0.929 bits per heavy atom. The molecule has 0 fully saturated rings. The van der Waals surface area contributed by atoms with E-state index in [-0.39, 0.29) is 36.2 Å². The van der Waals surface area contributed by atoms with E-state index in [0.717, 1.165) is 27.3 Å². The van der Waals surface area contributed by atoms with Crippen molar-refractivity contribution >= 4 is 27.5 Å². The second-order valence-corrected chi connectivity index (χ2v) is 12.5. The zero-order valence-electron chi connectivity index (χ0n) is 25.2. The van der Waals surface area contributed by atoms with Crippen LogP contribution < -0.4 is 19.1 Å². The van der Waals surface area contributed by atoms with Crippen molar-refractivity contribution in [3.8, 4) is 11.5 Å². The zero-order valence-corrected chi connectivity index (χ0v) is 26.0. The third-order valence-corrected chi connectivity index (χ3v) is 8.02. The van der Waals surface area contributed by atoms with E-state index in [1.165, 1.54) is 25.2 Å². The lowest BCUT2D eigenvalue weighted by Gasteiger charge is -2.34. The fourth-order valence-electron chi connectivity index (χ4n) is 4.53. The Bertz CT molecular complexity index is 1460. The van der Waals surface area contributed by atoms with Crippen molar-refractivity contribution in [2.45, 2.75) is 39.8 Å². The van der Waals surface area contributed by atoms with E-state index in [1.807, 2.05) is 75.4 Å². The van der Waals surface area contributed by atoms with E-state index >= 15 is 0 Å². The molecule has 0 heterocycles. The number of aryl methyl sites for hydroxylation is 1. The molecule has 0 aliphatic rings. The summed E-state index contributed by atoms with van der Waals surface area (Å²) in [5, 5.41) is 2.99. The van der Waals surface area contributed by atoms with Gasteiger partial charge in [0.05, 0.1) is 26.2 Å². The van der Waals surface area contributed by atoms with Gasteiger partial charge in [-0.2, -0.15) is 0 Å². The van der Waals surface area contributed by atoms with Crippen LogP contribution in [0.2, 0.25) is 0 Å². The first-order valence-electron chi connectivity index (χ1n) is 13.8. The van der Waals surface area contributed by atoms with Gasteiger partial charge < -0.3 is 19.7 Å².